The third-order valence-corrected chi connectivity index (χ3v) is 3.20. The minimum Gasteiger partial charge on any atom is -0.394 e. The van der Waals surface area contributed by atoms with E-state index in [1.54, 1.807) is 0 Å². The maximum Gasteiger partial charge on any atom is 0.0651 e. The van der Waals surface area contributed by atoms with Crippen LogP contribution < -0.4 is 10.6 Å². The number of aliphatic hydroxyl groups excluding tert-OH is 1. The molecule has 1 aliphatic rings. The Balaban J connectivity index is 2.33. The summed E-state index contributed by atoms with van der Waals surface area (Å²) in [7, 11) is 0. The van der Waals surface area contributed by atoms with Crippen LogP contribution in [0.1, 0.15) is 12.5 Å². The Labute approximate surface area is 102 Å². The van der Waals surface area contributed by atoms with Gasteiger partial charge in [-0.1, -0.05) is 18.2 Å². The number of para-hydroxylation sites is 1. The van der Waals surface area contributed by atoms with Gasteiger partial charge in [-0.15, -0.1) is 0 Å². The fourth-order valence-electron chi connectivity index (χ4n) is 2.12. The molecular formula is C13H20N2O2. The average molecular weight is 236 g/mol. The lowest BCUT2D eigenvalue weighted by atomic mass is 9.92. The van der Waals surface area contributed by atoms with Gasteiger partial charge < -0.3 is 20.5 Å². The zero-order valence-electron chi connectivity index (χ0n) is 10.2. The maximum absolute atomic E-state index is 9.40. The summed E-state index contributed by atoms with van der Waals surface area (Å²) in [5.41, 5.74) is 7.53. The zero-order chi connectivity index (χ0) is 12.3. The normalized spacial score (nSPS) is 20.1. The highest BCUT2D eigenvalue weighted by Gasteiger charge is 2.25. The van der Waals surface area contributed by atoms with Crippen LogP contribution in [-0.4, -0.2) is 38.0 Å². The maximum atomic E-state index is 9.40. The molecule has 1 saturated heterocycles. The van der Waals surface area contributed by atoms with Crippen LogP contribution in [0.15, 0.2) is 24.3 Å². The molecule has 1 aliphatic heterocycles. The van der Waals surface area contributed by atoms with E-state index in [1.807, 2.05) is 25.1 Å². The SMILES string of the molecule is CC(N)(CO)c1ccccc1N1CCOCC1. The first-order chi connectivity index (χ1) is 8.15. The highest BCUT2D eigenvalue weighted by Crippen LogP contribution is 2.29. The summed E-state index contributed by atoms with van der Waals surface area (Å²) in [6, 6.07) is 8.00. The summed E-state index contributed by atoms with van der Waals surface area (Å²) in [5, 5.41) is 9.40. The molecule has 0 bridgehead atoms. The molecule has 1 fully saturated rings. The second kappa shape index (κ2) is 5.04. The minimum absolute atomic E-state index is 0.0612. The molecule has 1 aromatic carbocycles. The van der Waals surface area contributed by atoms with E-state index in [1.165, 1.54) is 0 Å². The lowest BCUT2D eigenvalue weighted by Crippen LogP contribution is -2.42. The van der Waals surface area contributed by atoms with Crippen LogP contribution in [0.4, 0.5) is 5.69 Å². The van der Waals surface area contributed by atoms with E-state index in [9.17, 15) is 5.11 Å². The standard InChI is InChI=1S/C13H20N2O2/c1-13(14,10-16)11-4-2-3-5-12(11)15-6-8-17-9-7-15/h2-5,16H,6-10,14H2,1H3. The number of aliphatic hydroxyl groups is 1. The summed E-state index contributed by atoms with van der Waals surface area (Å²) in [5.74, 6) is 0. The Morgan fingerprint density at radius 3 is 2.65 bits per heavy atom. The number of morpholine rings is 1. The van der Waals surface area contributed by atoms with Crippen LogP contribution in [0.2, 0.25) is 0 Å². The molecule has 0 amide bonds. The Morgan fingerprint density at radius 1 is 1.35 bits per heavy atom. The van der Waals surface area contributed by atoms with Gasteiger partial charge in [0.2, 0.25) is 0 Å². The van der Waals surface area contributed by atoms with E-state index in [0.29, 0.717) is 0 Å². The number of benzene rings is 1. The van der Waals surface area contributed by atoms with Gasteiger partial charge in [0.25, 0.3) is 0 Å². The van der Waals surface area contributed by atoms with Gasteiger partial charge in [-0.2, -0.15) is 0 Å². The third-order valence-electron chi connectivity index (χ3n) is 3.20. The molecule has 0 aromatic heterocycles. The number of anilines is 1. The number of nitrogens with two attached hydrogens (primary N) is 1. The Bertz CT molecular complexity index is 373. The van der Waals surface area contributed by atoms with Crippen molar-refractivity contribution in [2.45, 2.75) is 12.5 Å². The Hall–Kier alpha value is -1.10. The monoisotopic (exact) mass is 236 g/mol. The summed E-state index contributed by atoms with van der Waals surface area (Å²) >= 11 is 0. The van der Waals surface area contributed by atoms with Gasteiger partial charge in [0, 0.05) is 18.8 Å². The van der Waals surface area contributed by atoms with Crippen molar-refractivity contribution in [2.75, 3.05) is 37.8 Å². The van der Waals surface area contributed by atoms with Crippen LogP contribution in [0.25, 0.3) is 0 Å². The number of nitrogens with zero attached hydrogens (tertiary/aromatic N) is 1. The van der Waals surface area contributed by atoms with E-state index in [4.69, 9.17) is 10.5 Å². The second-order valence-electron chi connectivity index (χ2n) is 4.69. The van der Waals surface area contributed by atoms with E-state index in [-0.39, 0.29) is 6.61 Å². The zero-order valence-corrected chi connectivity index (χ0v) is 10.2. The Kier molecular flexibility index (Phi) is 3.66. The lowest BCUT2D eigenvalue weighted by molar-refractivity contribution is 0.122. The molecule has 0 spiro atoms. The van der Waals surface area contributed by atoms with Gasteiger partial charge in [-0.25, -0.2) is 0 Å². The van der Waals surface area contributed by atoms with Crippen molar-refractivity contribution in [2.24, 2.45) is 5.73 Å². The van der Waals surface area contributed by atoms with Crippen molar-refractivity contribution in [1.82, 2.24) is 0 Å². The molecule has 1 unspecified atom stereocenters. The molecule has 4 nitrogen and oxygen atoms in total. The molecular weight excluding hydrogens is 216 g/mol. The fraction of sp³-hybridized carbons (Fsp3) is 0.538. The van der Waals surface area contributed by atoms with E-state index in [2.05, 4.69) is 11.0 Å². The van der Waals surface area contributed by atoms with Gasteiger partial charge in [0.05, 0.1) is 25.4 Å². The first kappa shape index (κ1) is 12.4. The molecule has 4 heteroatoms. The van der Waals surface area contributed by atoms with Gasteiger partial charge in [-0.3, -0.25) is 0 Å². The van der Waals surface area contributed by atoms with Gasteiger partial charge >= 0.3 is 0 Å². The molecule has 1 aromatic rings. The molecule has 1 heterocycles. The van der Waals surface area contributed by atoms with Crippen molar-refractivity contribution >= 4 is 5.69 Å². The molecule has 17 heavy (non-hydrogen) atoms. The lowest BCUT2D eigenvalue weighted by Gasteiger charge is -2.34. The van der Waals surface area contributed by atoms with Crippen LogP contribution >= 0.6 is 0 Å². The summed E-state index contributed by atoms with van der Waals surface area (Å²) in [4.78, 5) is 2.26. The molecule has 0 aliphatic carbocycles. The van der Waals surface area contributed by atoms with Crippen molar-refractivity contribution in [3.05, 3.63) is 29.8 Å². The van der Waals surface area contributed by atoms with Gasteiger partial charge in [-0.05, 0) is 18.6 Å². The molecule has 1 atom stereocenters. The van der Waals surface area contributed by atoms with Crippen molar-refractivity contribution in [3.8, 4) is 0 Å². The van der Waals surface area contributed by atoms with Crippen LogP contribution in [0, 0.1) is 0 Å². The Morgan fingerprint density at radius 2 is 2.00 bits per heavy atom. The highest BCUT2D eigenvalue weighted by molar-refractivity contribution is 5.56. The predicted octanol–water partition coefficient (Wildman–Crippen LogP) is 0.689. The third kappa shape index (κ3) is 2.60. The summed E-state index contributed by atoms with van der Waals surface area (Å²) < 4.78 is 5.35. The van der Waals surface area contributed by atoms with Crippen LogP contribution in [-0.2, 0) is 10.3 Å². The fourth-order valence-corrected chi connectivity index (χ4v) is 2.12. The topological polar surface area (TPSA) is 58.7 Å². The quantitative estimate of drug-likeness (QED) is 0.810. The molecule has 2 rings (SSSR count). The highest BCUT2D eigenvalue weighted by atomic mass is 16.5. The summed E-state index contributed by atoms with van der Waals surface area (Å²) in [6.07, 6.45) is 0. The molecule has 94 valence electrons. The summed E-state index contributed by atoms with van der Waals surface area (Å²) in [6.45, 7) is 5.03. The molecule has 0 radical (unpaired) electrons. The van der Waals surface area contributed by atoms with Crippen LogP contribution in [0.5, 0.6) is 0 Å². The predicted molar refractivity (Wildman–Crippen MR) is 68.1 cm³/mol. The van der Waals surface area contributed by atoms with Crippen molar-refractivity contribution in [3.63, 3.8) is 0 Å². The smallest absolute Gasteiger partial charge is 0.0651 e. The minimum atomic E-state index is -0.700. The number of hydrogen-bond acceptors (Lipinski definition) is 4. The van der Waals surface area contributed by atoms with E-state index in [0.717, 1.165) is 37.6 Å². The van der Waals surface area contributed by atoms with Crippen LogP contribution in [0.3, 0.4) is 0 Å². The molecule has 3 N–H and O–H groups in total. The number of rotatable bonds is 3. The number of ether oxygens (including phenoxy) is 1. The first-order valence-electron chi connectivity index (χ1n) is 5.97. The van der Waals surface area contributed by atoms with E-state index < -0.39 is 5.54 Å². The number of hydrogen-bond donors (Lipinski definition) is 2. The molecule has 0 saturated carbocycles. The van der Waals surface area contributed by atoms with Crippen molar-refractivity contribution < 1.29 is 9.84 Å². The van der Waals surface area contributed by atoms with Gasteiger partial charge in [0.15, 0.2) is 0 Å². The van der Waals surface area contributed by atoms with Gasteiger partial charge in [0.1, 0.15) is 0 Å². The second-order valence-corrected chi connectivity index (χ2v) is 4.69. The first-order valence-corrected chi connectivity index (χ1v) is 5.97. The average Bonchev–Trinajstić information content (AvgIpc) is 2.40. The largest absolute Gasteiger partial charge is 0.394 e. The van der Waals surface area contributed by atoms with E-state index >= 15 is 0 Å². The van der Waals surface area contributed by atoms with Crippen molar-refractivity contribution in [1.29, 1.82) is 0 Å².